The highest BCUT2D eigenvalue weighted by Crippen LogP contribution is 2.40. The van der Waals surface area contributed by atoms with Crippen molar-refractivity contribution in [1.29, 1.82) is 0 Å². The van der Waals surface area contributed by atoms with Gasteiger partial charge in [-0.2, -0.15) is 0 Å². The Morgan fingerprint density at radius 3 is 2.63 bits per heavy atom. The van der Waals surface area contributed by atoms with Gasteiger partial charge in [0.2, 0.25) is 0 Å². The summed E-state index contributed by atoms with van der Waals surface area (Å²) in [4.78, 5) is 0. The summed E-state index contributed by atoms with van der Waals surface area (Å²) in [7, 11) is 0. The third kappa shape index (κ3) is 3.17. The van der Waals surface area contributed by atoms with Crippen molar-refractivity contribution in [3.8, 4) is 0 Å². The second kappa shape index (κ2) is 5.62. The van der Waals surface area contributed by atoms with E-state index in [1.54, 1.807) is 13.0 Å². The maximum atomic E-state index is 13.7. The molecule has 1 saturated carbocycles. The summed E-state index contributed by atoms with van der Waals surface area (Å²) in [5.41, 5.74) is 0.555. The Hall–Kier alpha value is -0.890. The Morgan fingerprint density at radius 1 is 1.26 bits per heavy atom. The monoisotopic (exact) mass is 264 g/mol. The first-order chi connectivity index (χ1) is 8.92. The fourth-order valence-electron chi connectivity index (χ4n) is 3.19. The molecular formula is C17H25FO. The van der Waals surface area contributed by atoms with Crippen LogP contribution >= 0.6 is 0 Å². The van der Waals surface area contributed by atoms with Gasteiger partial charge in [-0.1, -0.05) is 32.4 Å². The van der Waals surface area contributed by atoms with Crippen LogP contribution < -0.4 is 0 Å². The second-order valence-corrected chi connectivity index (χ2v) is 6.43. The maximum absolute atomic E-state index is 13.7. The zero-order valence-electron chi connectivity index (χ0n) is 12.2. The van der Waals surface area contributed by atoms with Crippen molar-refractivity contribution < 1.29 is 9.50 Å². The lowest BCUT2D eigenvalue weighted by molar-refractivity contribution is 0.0188. The van der Waals surface area contributed by atoms with E-state index in [1.807, 2.05) is 6.07 Å². The average Bonchev–Trinajstić information content (AvgIpc) is 2.56. The molecule has 0 heterocycles. The minimum absolute atomic E-state index is 0.212. The first-order valence-corrected chi connectivity index (χ1v) is 7.41. The minimum atomic E-state index is -0.835. The van der Waals surface area contributed by atoms with E-state index in [-0.39, 0.29) is 5.82 Å². The van der Waals surface area contributed by atoms with Gasteiger partial charge in [0, 0.05) is 0 Å². The average molecular weight is 264 g/mol. The third-order valence-electron chi connectivity index (χ3n) is 4.75. The van der Waals surface area contributed by atoms with Crippen LogP contribution in [0, 0.1) is 24.6 Å². The molecule has 2 unspecified atom stereocenters. The van der Waals surface area contributed by atoms with E-state index >= 15 is 0 Å². The SMILES string of the molecule is Cc1ccc(C2(O)CCCC(C(C)C)CC2)cc1F. The number of benzene rings is 1. The number of rotatable bonds is 2. The van der Waals surface area contributed by atoms with Crippen LogP contribution in [0.15, 0.2) is 18.2 Å². The highest BCUT2D eigenvalue weighted by molar-refractivity contribution is 5.28. The van der Waals surface area contributed by atoms with E-state index < -0.39 is 5.60 Å². The van der Waals surface area contributed by atoms with Crippen LogP contribution in [0.1, 0.15) is 57.1 Å². The van der Waals surface area contributed by atoms with E-state index in [1.165, 1.54) is 12.5 Å². The van der Waals surface area contributed by atoms with Gasteiger partial charge < -0.3 is 5.11 Å². The molecule has 1 N–H and O–H groups in total. The molecule has 0 spiro atoms. The summed E-state index contributed by atoms with van der Waals surface area (Å²) in [5, 5.41) is 10.9. The molecule has 1 aromatic carbocycles. The molecule has 2 heteroatoms. The molecule has 1 aliphatic carbocycles. The molecule has 0 amide bonds. The predicted octanol–water partition coefficient (Wildman–Crippen LogP) is 4.56. The molecule has 0 radical (unpaired) electrons. The molecule has 1 aromatic rings. The molecule has 1 fully saturated rings. The lowest BCUT2D eigenvalue weighted by Crippen LogP contribution is -2.25. The fourth-order valence-corrected chi connectivity index (χ4v) is 3.19. The zero-order valence-corrected chi connectivity index (χ0v) is 12.2. The van der Waals surface area contributed by atoms with E-state index in [0.29, 0.717) is 17.4 Å². The fraction of sp³-hybridized carbons (Fsp3) is 0.647. The molecule has 2 rings (SSSR count). The van der Waals surface area contributed by atoms with Crippen LogP contribution in [0.2, 0.25) is 0 Å². The number of aryl methyl sites for hydroxylation is 1. The number of aliphatic hydroxyl groups is 1. The molecule has 0 saturated heterocycles. The van der Waals surface area contributed by atoms with Gasteiger partial charge in [0.25, 0.3) is 0 Å². The normalized spacial score (nSPS) is 28.4. The van der Waals surface area contributed by atoms with Crippen molar-refractivity contribution >= 4 is 0 Å². The zero-order chi connectivity index (χ0) is 14.0. The molecular weight excluding hydrogens is 239 g/mol. The third-order valence-corrected chi connectivity index (χ3v) is 4.75. The van der Waals surface area contributed by atoms with Crippen LogP contribution in [-0.2, 0) is 5.60 Å². The Labute approximate surface area is 115 Å². The summed E-state index contributed by atoms with van der Waals surface area (Å²) in [5.74, 6) is 1.14. The van der Waals surface area contributed by atoms with Crippen molar-refractivity contribution in [2.75, 3.05) is 0 Å². The summed E-state index contributed by atoms with van der Waals surface area (Å²) in [6, 6.07) is 5.17. The van der Waals surface area contributed by atoms with Gasteiger partial charge in [-0.3, -0.25) is 0 Å². The van der Waals surface area contributed by atoms with Gasteiger partial charge in [-0.25, -0.2) is 4.39 Å². The highest BCUT2D eigenvalue weighted by atomic mass is 19.1. The van der Waals surface area contributed by atoms with Crippen molar-refractivity contribution in [3.05, 3.63) is 35.1 Å². The van der Waals surface area contributed by atoms with Gasteiger partial charge in [-0.05, 0) is 61.6 Å². The summed E-state index contributed by atoms with van der Waals surface area (Å²) in [6.07, 6.45) is 4.73. The summed E-state index contributed by atoms with van der Waals surface area (Å²) < 4.78 is 13.7. The minimum Gasteiger partial charge on any atom is -0.385 e. The first kappa shape index (κ1) is 14.5. The number of hydrogen-bond acceptors (Lipinski definition) is 1. The van der Waals surface area contributed by atoms with Crippen LogP contribution in [0.4, 0.5) is 4.39 Å². The second-order valence-electron chi connectivity index (χ2n) is 6.43. The number of halogens is 1. The van der Waals surface area contributed by atoms with Crippen LogP contribution in [0.25, 0.3) is 0 Å². The van der Waals surface area contributed by atoms with Gasteiger partial charge in [0.05, 0.1) is 5.60 Å². The summed E-state index contributed by atoms with van der Waals surface area (Å²) in [6.45, 7) is 6.26. The lowest BCUT2D eigenvalue weighted by atomic mass is 9.84. The van der Waals surface area contributed by atoms with Crippen LogP contribution in [0.5, 0.6) is 0 Å². The van der Waals surface area contributed by atoms with E-state index in [9.17, 15) is 9.50 Å². The van der Waals surface area contributed by atoms with Crippen molar-refractivity contribution in [2.45, 2.75) is 58.5 Å². The number of hydrogen-bond donors (Lipinski definition) is 1. The summed E-state index contributed by atoms with van der Waals surface area (Å²) >= 11 is 0. The maximum Gasteiger partial charge on any atom is 0.126 e. The first-order valence-electron chi connectivity index (χ1n) is 7.41. The van der Waals surface area contributed by atoms with Crippen molar-refractivity contribution in [3.63, 3.8) is 0 Å². The molecule has 106 valence electrons. The molecule has 0 bridgehead atoms. The molecule has 2 atom stereocenters. The molecule has 19 heavy (non-hydrogen) atoms. The Kier molecular flexibility index (Phi) is 4.29. The smallest absolute Gasteiger partial charge is 0.126 e. The van der Waals surface area contributed by atoms with Crippen molar-refractivity contribution in [1.82, 2.24) is 0 Å². The van der Waals surface area contributed by atoms with Crippen LogP contribution in [-0.4, -0.2) is 5.11 Å². The van der Waals surface area contributed by atoms with Gasteiger partial charge >= 0.3 is 0 Å². The van der Waals surface area contributed by atoms with Crippen LogP contribution in [0.3, 0.4) is 0 Å². The Morgan fingerprint density at radius 2 is 2.00 bits per heavy atom. The topological polar surface area (TPSA) is 20.2 Å². The van der Waals surface area contributed by atoms with Gasteiger partial charge in [-0.15, -0.1) is 0 Å². The van der Waals surface area contributed by atoms with E-state index in [2.05, 4.69) is 13.8 Å². The molecule has 1 nitrogen and oxygen atoms in total. The van der Waals surface area contributed by atoms with Crippen molar-refractivity contribution in [2.24, 2.45) is 11.8 Å². The molecule has 0 aromatic heterocycles. The Balaban J connectivity index is 2.20. The molecule has 0 aliphatic heterocycles. The van der Waals surface area contributed by atoms with Gasteiger partial charge in [0.15, 0.2) is 0 Å². The standard InChI is InChI=1S/C17H25FO/c1-12(2)14-5-4-9-17(19,10-8-14)15-7-6-13(3)16(18)11-15/h6-7,11-12,14,19H,4-5,8-10H2,1-3H3. The quantitative estimate of drug-likeness (QED) is 0.776. The van der Waals surface area contributed by atoms with Gasteiger partial charge in [0.1, 0.15) is 5.82 Å². The van der Waals surface area contributed by atoms with E-state index in [4.69, 9.17) is 0 Å². The predicted molar refractivity (Wildman–Crippen MR) is 76.4 cm³/mol. The highest BCUT2D eigenvalue weighted by Gasteiger charge is 2.33. The largest absolute Gasteiger partial charge is 0.385 e. The van der Waals surface area contributed by atoms with E-state index in [0.717, 1.165) is 31.2 Å². The Bertz CT molecular complexity index is 441. The lowest BCUT2D eigenvalue weighted by Gasteiger charge is -2.28. The molecule has 1 aliphatic rings.